The zero-order valence-electron chi connectivity index (χ0n) is 15.4. The van der Waals surface area contributed by atoms with Crippen LogP contribution in [0.15, 0.2) is 4.99 Å². The first-order valence-electron chi connectivity index (χ1n) is 8.41. The van der Waals surface area contributed by atoms with Gasteiger partial charge in [0.25, 0.3) is 0 Å². The SMILES string of the molecule is CN=C(NCc1nnc(C)n1C)NCC1(C(=O)N(C)C)CCCC1. The van der Waals surface area contributed by atoms with Crippen LogP contribution in [0.4, 0.5) is 0 Å². The second kappa shape index (κ2) is 7.63. The zero-order valence-corrected chi connectivity index (χ0v) is 15.4. The van der Waals surface area contributed by atoms with Gasteiger partial charge in [-0.2, -0.15) is 0 Å². The largest absolute Gasteiger partial charge is 0.355 e. The highest BCUT2D eigenvalue weighted by atomic mass is 16.2. The van der Waals surface area contributed by atoms with Gasteiger partial charge in [0.2, 0.25) is 5.91 Å². The molecule has 0 aliphatic heterocycles. The standard InChI is InChI=1S/C16H29N7O/c1-12-20-21-13(23(12)5)10-18-15(17-2)19-11-16(8-6-7-9-16)14(24)22(3)4/h6-11H2,1-5H3,(H2,17,18,19). The fourth-order valence-corrected chi connectivity index (χ4v) is 3.23. The van der Waals surface area contributed by atoms with E-state index < -0.39 is 0 Å². The van der Waals surface area contributed by atoms with Gasteiger partial charge in [-0.05, 0) is 19.8 Å². The Morgan fingerprint density at radius 3 is 2.46 bits per heavy atom. The number of amides is 1. The van der Waals surface area contributed by atoms with E-state index in [4.69, 9.17) is 0 Å². The highest BCUT2D eigenvalue weighted by Crippen LogP contribution is 2.38. The fourth-order valence-electron chi connectivity index (χ4n) is 3.23. The van der Waals surface area contributed by atoms with E-state index in [9.17, 15) is 4.79 Å². The Balaban J connectivity index is 1.95. The Kier molecular flexibility index (Phi) is 5.80. The third-order valence-electron chi connectivity index (χ3n) is 4.84. The number of aliphatic imine (C=N–C) groups is 1. The first-order valence-corrected chi connectivity index (χ1v) is 8.41. The van der Waals surface area contributed by atoms with Crippen LogP contribution >= 0.6 is 0 Å². The topological polar surface area (TPSA) is 87.4 Å². The number of nitrogens with one attached hydrogen (secondary N) is 2. The second-order valence-corrected chi connectivity index (χ2v) is 6.69. The molecule has 0 aromatic carbocycles. The molecule has 1 heterocycles. The first-order chi connectivity index (χ1) is 11.4. The summed E-state index contributed by atoms with van der Waals surface area (Å²) < 4.78 is 1.94. The molecule has 2 rings (SSSR count). The van der Waals surface area contributed by atoms with Gasteiger partial charge >= 0.3 is 0 Å². The Morgan fingerprint density at radius 1 is 1.29 bits per heavy atom. The molecule has 0 spiro atoms. The maximum Gasteiger partial charge on any atom is 0.230 e. The maximum absolute atomic E-state index is 12.6. The lowest BCUT2D eigenvalue weighted by atomic mass is 9.84. The normalized spacial score (nSPS) is 17.0. The van der Waals surface area contributed by atoms with Gasteiger partial charge in [0.1, 0.15) is 5.82 Å². The van der Waals surface area contributed by atoms with Crippen LogP contribution < -0.4 is 10.6 Å². The molecule has 1 aromatic heterocycles. The summed E-state index contributed by atoms with van der Waals surface area (Å²) in [5, 5.41) is 14.7. The number of guanidine groups is 1. The molecule has 1 aromatic rings. The highest BCUT2D eigenvalue weighted by Gasteiger charge is 2.42. The molecule has 2 N–H and O–H groups in total. The lowest BCUT2D eigenvalue weighted by Crippen LogP contribution is -2.49. The van der Waals surface area contributed by atoms with E-state index in [2.05, 4.69) is 25.8 Å². The molecule has 0 radical (unpaired) electrons. The predicted molar refractivity (Wildman–Crippen MR) is 93.5 cm³/mol. The summed E-state index contributed by atoms with van der Waals surface area (Å²) in [5.74, 6) is 2.59. The van der Waals surface area contributed by atoms with Crippen LogP contribution in [0.3, 0.4) is 0 Å². The summed E-state index contributed by atoms with van der Waals surface area (Å²) in [7, 11) is 7.32. The number of hydrogen-bond donors (Lipinski definition) is 2. The molecular formula is C16H29N7O. The zero-order chi connectivity index (χ0) is 17.7. The molecule has 24 heavy (non-hydrogen) atoms. The van der Waals surface area contributed by atoms with E-state index in [-0.39, 0.29) is 11.3 Å². The summed E-state index contributed by atoms with van der Waals surface area (Å²) in [6, 6.07) is 0. The van der Waals surface area contributed by atoms with E-state index in [1.54, 1.807) is 11.9 Å². The quantitative estimate of drug-likeness (QED) is 0.602. The maximum atomic E-state index is 12.6. The molecule has 8 nitrogen and oxygen atoms in total. The molecule has 1 fully saturated rings. The van der Waals surface area contributed by atoms with Gasteiger partial charge in [-0.1, -0.05) is 12.8 Å². The summed E-state index contributed by atoms with van der Waals surface area (Å²) in [5.41, 5.74) is -0.317. The van der Waals surface area contributed by atoms with Crippen molar-refractivity contribution in [3.05, 3.63) is 11.6 Å². The molecule has 0 bridgehead atoms. The minimum absolute atomic E-state index is 0.201. The van der Waals surface area contributed by atoms with Crippen molar-refractivity contribution in [1.82, 2.24) is 30.3 Å². The summed E-state index contributed by atoms with van der Waals surface area (Å²) in [6.45, 7) is 3.05. The number of carbonyl (C=O) groups excluding carboxylic acids is 1. The van der Waals surface area contributed by atoms with Gasteiger partial charge in [0, 0.05) is 34.7 Å². The number of aryl methyl sites for hydroxylation is 1. The van der Waals surface area contributed by atoms with Crippen molar-refractivity contribution in [3.8, 4) is 0 Å². The van der Waals surface area contributed by atoms with Crippen molar-refractivity contribution in [2.45, 2.75) is 39.2 Å². The summed E-state index contributed by atoms with van der Waals surface area (Å²) >= 11 is 0. The minimum Gasteiger partial charge on any atom is -0.355 e. The second-order valence-electron chi connectivity index (χ2n) is 6.69. The first kappa shape index (κ1) is 18.2. The fraction of sp³-hybridized carbons (Fsp3) is 0.750. The van der Waals surface area contributed by atoms with Crippen LogP contribution in [-0.4, -0.2) is 59.2 Å². The molecular weight excluding hydrogens is 306 g/mol. The molecule has 0 atom stereocenters. The Bertz CT molecular complexity index is 600. The van der Waals surface area contributed by atoms with Crippen molar-refractivity contribution in [2.24, 2.45) is 17.5 Å². The van der Waals surface area contributed by atoms with Gasteiger partial charge in [0.15, 0.2) is 11.8 Å². The molecule has 0 unspecified atom stereocenters. The summed E-state index contributed by atoms with van der Waals surface area (Å²) in [4.78, 5) is 18.5. The van der Waals surface area contributed by atoms with Crippen molar-refractivity contribution >= 4 is 11.9 Å². The van der Waals surface area contributed by atoms with Crippen LogP contribution in [0.2, 0.25) is 0 Å². The van der Waals surface area contributed by atoms with Crippen molar-refractivity contribution in [1.29, 1.82) is 0 Å². The third-order valence-corrected chi connectivity index (χ3v) is 4.84. The Labute approximate surface area is 143 Å². The van der Waals surface area contributed by atoms with E-state index in [0.29, 0.717) is 19.0 Å². The van der Waals surface area contributed by atoms with Crippen LogP contribution in [0.1, 0.15) is 37.3 Å². The third kappa shape index (κ3) is 3.85. The number of carbonyl (C=O) groups is 1. The van der Waals surface area contributed by atoms with Gasteiger partial charge in [-0.25, -0.2) is 0 Å². The van der Waals surface area contributed by atoms with Crippen molar-refractivity contribution in [3.63, 3.8) is 0 Å². The van der Waals surface area contributed by atoms with E-state index in [1.165, 1.54) is 0 Å². The molecule has 1 saturated carbocycles. The molecule has 134 valence electrons. The van der Waals surface area contributed by atoms with Crippen LogP contribution in [0.5, 0.6) is 0 Å². The van der Waals surface area contributed by atoms with Gasteiger partial charge in [-0.3, -0.25) is 9.79 Å². The average Bonchev–Trinajstić information content (AvgIpc) is 3.16. The molecule has 1 aliphatic rings. The smallest absolute Gasteiger partial charge is 0.230 e. The number of hydrogen-bond acceptors (Lipinski definition) is 4. The van der Waals surface area contributed by atoms with E-state index in [0.717, 1.165) is 37.3 Å². The Morgan fingerprint density at radius 2 is 1.96 bits per heavy atom. The van der Waals surface area contributed by atoms with Crippen LogP contribution in [-0.2, 0) is 18.4 Å². The lowest BCUT2D eigenvalue weighted by molar-refractivity contribution is -0.138. The summed E-state index contributed by atoms with van der Waals surface area (Å²) in [6.07, 6.45) is 4.06. The molecule has 0 saturated heterocycles. The minimum atomic E-state index is -0.317. The number of aromatic nitrogens is 3. The van der Waals surface area contributed by atoms with Crippen molar-refractivity contribution in [2.75, 3.05) is 27.7 Å². The number of rotatable bonds is 5. The van der Waals surface area contributed by atoms with Gasteiger partial charge < -0.3 is 20.1 Å². The molecule has 1 aliphatic carbocycles. The van der Waals surface area contributed by atoms with Gasteiger partial charge in [0.05, 0.1) is 12.0 Å². The van der Waals surface area contributed by atoms with Crippen molar-refractivity contribution < 1.29 is 4.79 Å². The van der Waals surface area contributed by atoms with Crippen LogP contribution in [0, 0.1) is 12.3 Å². The molecule has 8 heteroatoms. The lowest BCUT2D eigenvalue weighted by Gasteiger charge is -2.31. The number of nitrogens with zero attached hydrogens (tertiary/aromatic N) is 5. The molecule has 1 amide bonds. The van der Waals surface area contributed by atoms with E-state index >= 15 is 0 Å². The average molecular weight is 335 g/mol. The van der Waals surface area contributed by atoms with Gasteiger partial charge in [-0.15, -0.1) is 10.2 Å². The Hall–Kier alpha value is -2.12. The van der Waals surface area contributed by atoms with Crippen LogP contribution in [0.25, 0.3) is 0 Å². The monoisotopic (exact) mass is 335 g/mol. The highest BCUT2D eigenvalue weighted by molar-refractivity contribution is 5.85. The van der Waals surface area contributed by atoms with E-state index in [1.807, 2.05) is 32.6 Å². The predicted octanol–water partition coefficient (Wildman–Crippen LogP) is 0.437.